The second-order valence-corrected chi connectivity index (χ2v) is 9.23. The van der Waals surface area contributed by atoms with E-state index in [0.717, 1.165) is 29.9 Å². The van der Waals surface area contributed by atoms with Gasteiger partial charge in [0.05, 0.1) is 6.61 Å². The summed E-state index contributed by atoms with van der Waals surface area (Å²) in [6.07, 6.45) is 4.54. The first-order valence-corrected chi connectivity index (χ1v) is 11.0. The predicted octanol–water partition coefficient (Wildman–Crippen LogP) is 6.46. The fourth-order valence-electron chi connectivity index (χ4n) is 3.93. The van der Waals surface area contributed by atoms with E-state index in [1.54, 1.807) is 37.1 Å². The lowest BCUT2D eigenvalue weighted by atomic mass is 10.0. The van der Waals surface area contributed by atoms with Gasteiger partial charge in [-0.1, -0.05) is 24.6 Å². The number of anilines is 1. The molecule has 1 aliphatic carbocycles. The minimum atomic E-state index is -1.56. The Kier molecular flexibility index (Phi) is 7.84. The van der Waals surface area contributed by atoms with E-state index < -0.39 is 23.4 Å². The normalized spacial score (nSPS) is 21.4. The Morgan fingerprint density at radius 3 is 2.58 bits per heavy atom. The number of carbonyl (C=O) groups is 1. The number of hydrogen-bond donors (Lipinski definition) is 1. The van der Waals surface area contributed by atoms with Crippen LogP contribution in [-0.4, -0.2) is 24.9 Å². The number of halogens is 3. The molecule has 166 valence electrons. The molecule has 0 bridgehead atoms. The summed E-state index contributed by atoms with van der Waals surface area (Å²) in [5.41, 5.74) is 1.44. The second kappa shape index (κ2) is 10.4. The van der Waals surface area contributed by atoms with Gasteiger partial charge in [0.25, 0.3) is 5.91 Å². The van der Waals surface area contributed by atoms with Gasteiger partial charge in [-0.05, 0) is 49.8 Å². The Balaban J connectivity index is 1.73. The minimum absolute atomic E-state index is 0.136. The van der Waals surface area contributed by atoms with Gasteiger partial charge in [0.1, 0.15) is 0 Å². The number of methoxy groups -OCH3 is 1. The molecule has 0 aliphatic heterocycles. The molecule has 0 spiro atoms. The molecule has 3 rings (SSSR count). The lowest BCUT2D eigenvalue weighted by Crippen LogP contribution is -2.15. The molecule has 1 fully saturated rings. The average Bonchev–Trinajstić information content (AvgIpc) is 3.05. The SMILES string of the molecule is COC/C(C)=C/C1CCC(C)C1Sc1cccc(C(=O)Nc2cc(F)c(F)c(F)c2)c1. The lowest BCUT2D eigenvalue weighted by molar-refractivity contribution is 0.102. The maximum Gasteiger partial charge on any atom is 0.255 e. The Hall–Kier alpha value is -2.25. The van der Waals surface area contributed by atoms with Crippen LogP contribution in [0.2, 0.25) is 0 Å². The summed E-state index contributed by atoms with van der Waals surface area (Å²) in [7, 11) is 1.69. The van der Waals surface area contributed by atoms with Crippen molar-refractivity contribution in [2.24, 2.45) is 11.8 Å². The Labute approximate surface area is 185 Å². The molecule has 0 heterocycles. The number of allylic oxidation sites excluding steroid dienone is 1. The maximum absolute atomic E-state index is 13.4. The van der Waals surface area contributed by atoms with Gasteiger partial charge in [0.15, 0.2) is 17.5 Å². The van der Waals surface area contributed by atoms with E-state index in [1.165, 1.54) is 5.57 Å². The molecule has 1 aliphatic rings. The topological polar surface area (TPSA) is 38.3 Å². The number of amides is 1. The highest BCUT2D eigenvalue weighted by atomic mass is 32.2. The monoisotopic (exact) mass is 449 g/mol. The quantitative estimate of drug-likeness (QED) is 0.390. The molecule has 31 heavy (non-hydrogen) atoms. The molecule has 2 aromatic rings. The van der Waals surface area contributed by atoms with Crippen molar-refractivity contribution >= 4 is 23.4 Å². The largest absolute Gasteiger partial charge is 0.380 e. The van der Waals surface area contributed by atoms with Gasteiger partial charge in [0.2, 0.25) is 0 Å². The number of rotatable bonds is 7. The average molecular weight is 450 g/mol. The summed E-state index contributed by atoms with van der Waals surface area (Å²) in [6.45, 7) is 4.92. The number of nitrogens with one attached hydrogen (secondary N) is 1. The lowest BCUT2D eigenvalue weighted by Gasteiger charge is -2.21. The molecular weight excluding hydrogens is 423 g/mol. The molecule has 1 amide bonds. The van der Waals surface area contributed by atoms with Gasteiger partial charge in [-0.25, -0.2) is 13.2 Å². The Bertz CT molecular complexity index is 956. The van der Waals surface area contributed by atoms with Gasteiger partial charge in [-0.15, -0.1) is 11.8 Å². The van der Waals surface area contributed by atoms with Crippen LogP contribution in [0, 0.1) is 29.3 Å². The standard InChI is InChI=1S/C24H26F3NO2S/c1-14(13-30-3)9-16-8-7-15(2)23(16)31-19-6-4-5-17(10-19)24(29)28-18-11-20(25)22(27)21(26)12-18/h4-6,9-12,15-16,23H,7-8,13H2,1-3H3,(H,28,29)/b14-9+. The molecule has 3 atom stereocenters. The summed E-state index contributed by atoms with van der Waals surface area (Å²) in [5.74, 6) is -3.82. The summed E-state index contributed by atoms with van der Waals surface area (Å²) in [5, 5.41) is 2.81. The van der Waals surface area contributed by atoms with E-state index in [1.807, 2.05) is 6.07 Å². The van der Waals surface area contributed by atoms with Crippen molar-refractivity contribution in [3.05, 3.63) is 71.1 Å². The van der Waals surface area contributed by atoms with Gasteiger partial charge >= 0.3 is 0 Å². The van der Waals surface area contributed by atoms with Gasteiger partial charge in [-0.3, -0.25) is 4.79 Å². The third-order valence-corrected chi connectivity index (χ3v) is 7.03. The van der Waals surface area contributed by atoms with E-state index in [0.29, 0.717) is 29.3 Å². The number of carbonyl (C=O) groups excluding carboxylic acids is 1. The first-order chi connectivity index (χ1) is 14.8. The van der Waals surface area contributed by atoms with E-state index in [4.69, 9.17) is 4.74 Å². The number of hydrogen-bond acceptors (Lipinski definition) is 3. The molecule has 7 heteroatoms. The second-order valence-electron chi connectivity index (χ2n) is 7.98. The van der Waals surface area contributed by atoms with Crippen LogP contribution in [0.25, 0.3) is 0 Å². The Morgan fingerprint density at radius 2 is 1.90 bits per heavy atom. The van der Waals surface area contributed by atoms with Crippen molar-refractivity contribution in [3.8, 4) is 0 Å². The highest BCUT2D eigenvalue weighted by Gasteiger charge is 2.33. The highest BCUT2D eigenvalue weighted by molar-refractivity contribution is 8.00. The molecule has 2 aromatic carbocycles. The number of benzene rings is 2. The van der Waals surface area contributed by atoms with Crippen molar-refractivity contribution in [3.63, 3.8) is 0 Å². The van der Waals surface area contributed by atoms with Crippen LogP contribution in [0.4, 0.5) is 18.9 Å². The summed E-state index contributed by atoms with van der Waals surface area (Å²) < 4.78 is 45.2. The zero-order chi connectivity index (χ0) is 22.5. The molecule has 3 unspecified atom stereocenters. The predicted molar refractivity (Wildman–Crippen MR) is 118 cm³/mol. The summed E-state index contributed by atoms with van der Waals surface area (Å²) in [6, 6.07) is 8.65. The third kappa shape index (κ3) is 5.92. The zero-order valence-electron chi connectivity index (χ0n) is 17.8. The van der Waals surface area contributed by atoms with Crippen LogP contribution < -0.4 is 5.32 Å². The van der Waals surface area contributed by atoms with E-state index >= 15 is 0 Å². The van der Waals surface area contributed by atoms with Crippen molar-refractivity contribution in [2.45, 2.75) is 36.8 Å². The Morgan fingerprint density at radius 1 is 1.19 bits per heavy atom. The minimum Gasteiger partial charge on any atom is -0.380 e. The number of thioether (sulfide) groups is 1. The van der Waals surface area contributed by atoms with Crippen LogP contribution in [-0.2, 0) is 4.74 Å². The smallest absolute Gasteiger partial charge is 0.255 e. The molecule has 0 saturated heterocycles. The van der Waals surface area contributed by atoms with Gasteiger partial charge < -0.3 is 10.1 Å². The number of ether oxygens (including phenoxy) is 1. The van der Waals surface area contributed by atoms with E-state index in [9.17, 15) is 18.0 Å². The van der Waals surface area contributed by atoms with Crippen molar-refractivity contribution < 1.29 is 22.7 Å². The molecule has 0 aromatic heterocycles. The van der Waals surface area contributed by atoms with E-state index in [2.05, 4.69) is 25.2 Å². The first-order valence-electron chi connectivity index (χ1n) is 10.2. The van der Waals surface area contributed by atoms with Crippen LogP contribution in [0.5, 0.6) is 0 Å². The van der Waals surface area contributed by atoms with Crippen LogP contribution in [0.15, 0.2) is 52.9 Å². The third-order valence-electron chi connectivity index (χ3n) is 5.42. The molecule has 3 nitrogen and oxygen atoms in total. The van der Waals surface area contributed by atoms with Crippen LogP contribution >= 0.6 is 11.8 Å². The van der Waals surface area contributed by atoms with Crippen molar-refractivity contribution in [1.29, 1.82) is 0 Å². The summed E-state index contributed by atoms with van der Waals surface area (Å²) in [4.78, 5) is 13.5. The fourth-order valence-corrected chi connectivity index (χ4v) is 5.35. The highest BCUT2D eigenvalue weighted by Crippen LogP contribution is 2.43. The van der Waals surface area contributed by atoms with Crippen LogP contribution in [0.3, 0.4) is 0 Å². The molecule has 1 saturated carbocycles. The molecule has 0 radical (unpaired) electrons. The van der Waals surface area contributed by atoms with Crippen molar-refractivity contribution in [2.75, 3.05) is 19.0 Å². The zero-order valence-corrected chi connectivity index (χ0v) is 18.6. The van der Waals surface area contributed by atoms with Gasteiger partial charge in [0, 0.05) is 40.6 Å². The van der Waals surface area contributed by atoms with Crippen LogP contribution in [0.1, 0.15) is 37.0 Å². The molecular formula is C24H26F3NO2S. The summed E-state index contributed by atoms with van der Waals surface area (Å²) >= 11 is 1.74. The first kappa shape index (κ1) is 23.4. The van der Waals surface area contributed by atoms with Crippen molar-refractivity contribution in [1.82, 2.24) is 0 Å². The maximum atomic E-state index is 13.4. The fraction of sp³-hybridized carbons (Fsp3) is 0.375. The van der Waals surface area contributed by atoms with Gasteiger partial charge in [-0.2, -0.15) is 0 Å². The molecule has 1 N–H and O–H groups in total. The van der Waals surface area contributed by atoms with E-state index in [-0.39, 0.29) is 5.69 Å².